The number of thioether (sulfide) groups is 1. The number of hydrogen-bond donors (Lipinski definition) is 1. The monoisotopic (exact) mass is 263 g/mol. The largest absolute Gasteiger partial charge is 0.253 e. The van der Waals surface area contributed by atoms with Gasteiger partial charge in [0.1, 0.15) is 0 Å². The third kappa shape index (κ3) is 3.57. The lowest BCUT2D eigenvalue weighted by Crippen LogP contribution is -1.89. The molecule has 2 aromatic rings. The molecule has 1 heterocycles. The van der Waals surface area contributed by atoms with E-state index in [9.17, 15) is 0 Å². The van der Waals surface area contributed by atoms with Crippen LogP contribution in [0.1, 0.15) is 11.3 Å². The highest BCUT2D eigenvalue weighted by atomic mass is 32.2. The molecule has 0 bridgehead atoms. The molecule has 0 unspecified atom stereocenters. The van der Waals surface area contributed by atoms with Gasteiger partial charge in [-0.25, -0.2) is 4.98 Å². The Balaban J connectivity index is 1.95. The number of hydrogen-bond acceptors (Lipinski definition) is 5. The first-order valence-electron chi connectivity index (χ1n) is 5.13. The summed E-state index contributed by atoms with van der Waals surface area (Å²) in [5.74, 6) is 0. The van der Waals surface area contributed by atoms with Crippen LogP contribution in [0.2, 0.25) is 0 Å². The van der Waals surface area contributed by atoms with Crippen LogP contribution in [0.5, 0.6) is 0 Å². The third-order valence-corrected chi connectivity index (χ3v) is 3.72. The van der Waals surface area contributed by atoms with Gasteiger partial charge < -0.3 is 0 Å². The lowest BCUT2D eigenvalue weighted by molar-refractivity contribution is 1.22. The van der Waals surface area contributed by atoms with Crippen molar-refractivity contribution in [3.63, 3.8) is 0 Å². The van der Waals surface area contributed by atoms with E-state index < -0.39 is 0 Å². The third-order valence-electron chi connectivity index (χ3n) is 2.11. The van der Waals surface area contributed by atoms with Crippen molar-refractivity contribution in [3.8, 4) is 0 Å². The summed E-state index contributed by atoms with van der Waals surface area (Å²) in [5.41, 5.74) is 5.00. The van der Waals surface area contributed by atoms with Gasteiger partial charge in [0, 0.05) is 10.3 Å². The standard InChI is InChI=1S/C12H13N3S2/c1-9-8-17-12(14-9)15-13-7-10-3-5-11(16-2)6-4-10/h3-8H,1-2H3,(H,14,15). The zero-order valence-corrected chi connectivity index (χ0v) is 11.3. The minimum absolute atomic E-state index is 0.819. The van der Waals surface area contributed by atoms with E-state index in [0.29, 0.717) is 0 Å². The molecule has 17 heavy (non-hydrogen) atoms. The summed E-state index contributed by atoms with van der Waals surface area (Å²) < 4.78 is 0. The van der Waals surface area contributed by atoms with E-state index in [1.807, 2.05) is 24.4 Å². The van der Waals surface area contributed by atoms with Crippen molar-refractivity contribution >= 4 is 34.4 Å². The number of hydrazone groups is 1. The minimum atomic E-state index is 0.819. The highest BCUT2D eigenvalue weighted by molar-refractivity contribution is 7.98. The van der Waals surface area contributed by atoms with Crippen molar-refractivity contribution < 1.29 is 0 Å². The Morgan fingerprint density at radius 3 is 2.71 bits per heavy atom. The Hall–Kier alpha value is -1.33. The van der Waals surface area contributed by atoms with E-state index in [2.05, 4.69) is 33.9 Å². The lowest BCUT2D eigenvalue weighted by atomic mass is 10.2. The van der Waals surface area contributed by atoms with Crippen LogP contribution in [-0.4, -0.2) is 17.5 Å². The Labute approximate surface area is 109 Å². The second kappa shape index (κ2) is 5.84. The number of thiazole rings is 1. The molecular formula is C12H13N3S2. The van der Waals surface area contributed by atoms with Crippen LogP contribution in [0.4, 0.5) is 5.13 Å². The molecule has 3 nitrogen and oxygen atoms in total. The van der Waals surface area contributed by atoms with Crippen molar-refractivity contribution in [2.45, 2.75) is 11.8 Å². The molecule has 0 atom stereocenters. The first-order valence-corrected chi connectivity index (χ1v) is 7.23. The lowest BCUT2D eigenvalue weighted by Gasteiger charge is -1.97. The van der Waals surface area contributed by atoms with Crippen molar-refractivity contribution in [1.82, 2.24) is 4.98 Å². The van der Waals surface area contributed by atoms with Crippen molar-refractivity contribution in [1.29, 1.82) is 0 Å². The second-order valence-electron chi connectivity index (χ2n) is 3.44. The molecule has 0 fully saturated rings. The normalized spacial score (nSPS) is 10.9. The Bertz CT molecular complexity index is 503. The minimum Gasteiger partial charge on any atom is -0.253 e. The van der Waals surface area contributed by atoms with Crippen molar-refractivity contribution in [3.05, 3.63) is 40.9 Å². The zero-order valence-electron chi connectivity index (χ0n) is 9.68. The first kappa shape index (κ1) is 12.1. The zero-order chi connectivity index (χ0) is 12.1. The summed E-state index contributed by atoms with van der Waals surface area (Å²) in [6.07, 6.45) is 3.86. The molecule has 0 amide bonds. The smallest absolute Gasteiger partial charge is 0.203 e. The van der Waals surface area contributed by atoms with Gasteiger partial charge in [-0.05, 0) is 30.9 Å². The number of nitrogens with one attached hydrogen (secondary N) is 1. The predicted octanol–water partition coefficient (Wildman–Crippen LogP) is 3.62. The number of benzene rings is 1. The van der Waals surface area contributed by atoms with Crippen molar-refractivity contribution in [2.24, 2.45) is 5.10 Å². The summed E-state index contributed by atoms with van der Waals surface area (Å²) in [6.45, 7) is 1.96. The number of rotatable bonds is 4. The fraction of sp³-hybridized carbons (Fsp3) is 0.167. The SMILES string of the molecule is CSc1ccc(C=NNc2nc(C)cs2)cc1. The molecule has 2 rings (SSSR count). The average Bonchev–Trinajstić information content (AvgIpc) is 2.76. The Morgan fingerprint density at radius 1 is 1.35 bits per heavy atom. The maximum Gasteiger partial charge on any atom is 0.203 e. The molecular weight excluding hydrogens is 250 g/mol. The molecule has 0 aliphatic rings. The number of anilines is 1. The van der Waals surface area contributed by atoms with E-state index in [4.69, 9.17) is 0 Å². The second-order valence-corrected chi connectivity index (χ2v) is 5.17. The topological polar surface area (TPSA) is 37.3 Å². The summed E-state index contributed by atoms with van der Waals surface area (Å²) in [4.78, 5) is 5.51. The summed E-state index contributed by atoms with van der Waals surface area (Å²) >= 11 is 3.28. The molecule has 88 valence electrons. The van der Waals surface area contributed by atoms with Gasteiger partial charge in [0.15, 0.2) is 0 Å². The first-order chi connectivity index (χ1) is 8.28. The van der Waals surface area contributed by atoms with E-state index in [1.165, 1.54) is 4.90 Å². The van der Waals surface area contributed by atoms with E-state index >= 15 is 0 Å². The quantitative estimate of drug-likeness (QED) is 0.520. The van der Waals surface area contributed by atoms with Crippen LogP contribution in [0.3, 0.4) is 0 Å². The maximum absolute atomic E-state index is 4.26. The highest BCUT2D eigenvalue weighted by Crippen LogP contribution is 2.15. The van der Waals surface area contributed by atoms with Gasteiger partial charge >= 0.3 is 0 Å². The number of nitrogens with zero attached hydrogens (tertiary/aromatic N) is 2. The van der Waals surface area contributed by atoms with Crippen LogP contribution < -0.4 is 5.43 Å². The number of aromatic nitrogens is 1. The summed E-state index contributed by atoms with van der Waals surface area (Å²) in [5, 5.41) is 6.96. The fourth-order valence-electron chi connectivity index (χ4n) is 1.26. The van der Waals surface area contributed by atoms with Crippen LogP contribution in [0.25, 0.3) is 0 Å². The summed E-state index contributed by atoms with van der Waals surface area (Å²) in [7, 11) is 0. The van der Waals surface area contributed by atoms with Crippen LogP contribution >= 0.6 is 23.1 Å². The van der Waals surface area contributed by atoms with Gasteiger partial charge in [0.2, 0.25) is 5.13 Å². The molecule has 0 saturated carbocycles. The summed E-state index contributed by atoms with van der Waals surface area (Å²) in [6, 6.07) is 8.26. The van der Waals surface area contributed by atoms with Gasteiger partial charge in [-0.2, -0.15) is 5.10 Å². The molecule has 0 saturated heterocycles. The molecule has 0 aliphatic heterocycles. The molecule has 1 N–H and O–H groups in total. The van der Waals surface area contributed by atoms with Gasteiger partial charge in [-0.15, -0.1) is 23.1 Å². The Kier molecular flexibility index (Phi) is 4.17. The molecule has 0 radical (unpaired) electrons. The Morgan fingerprint density at radius 2 is 2.12 bits per heavy atom. The number of aryl methyl sites for hydroxylation is 1. The van der Waals surface area contributed by atoms with Crippen LogP contribution in [-0.2, 0) is 0 Å². The molecule has 1 aromatic heterocycles. The van der Waals surface area contributed by atoms with E-state index in [-0.39, 0.29) is 0 Å². The predicted molar refractivity (Wildman–Crippen MR) is 76.3 cm³/mol. The van der Waals surface area contributed by atoms with Gasteiger partial charge in [0.05, 0.1) is 11.9 Å². The molecule has 5 heteroatoms. The van der Waals surface area contributed by atoms with Gasteiger partial charge in [-0.1, -0.05) is 12.1 Å². The van der Waals surface area contributed by atoms with Gasteiger partial charge in [-0.3, -0.25) is 5.43 Å². The van der Waals surface area contributed by atoms with E-state index in [0.717, 1.165) is 16.4 Å². The van der Waals surface area contributed by atoms with Crippen LogP contribution in [0, 0.1) is 6.92 Å². The fourth-order valence-corrected chi connectivity index (χ4v) is 2.30. The van der Waals surface area contributed by atoms with Gasteiger partial charge in [0.25, 0.3) is 0 Å². The average molecular weight is 263 g/mol. The highest BCUT2D eigenvalue weighted by Gasteiger charge is 1.94. The van der Waals surface area contributed by atoms with E-state index in [1.54, 1.807) is 29.3 Å². The molecule has 0 aliphatic carbocycles. The van der Waals surface area contributed by atoms with Crippen LogP contribution in [0.15, 0.2) is 39.6 Å². The molecule has 0 spiro atoms. The molecule has 1 aromatic carbocycles. The van der Waals surface area contributed by atoms with Crippen molar-refractivity contribution in [2.75, 3.05) is 11.7 Å². The maximum atomic E-state index is 4.26.